The third kappa shape index (κ3) is 22.6. The molecule has 0 radical (unpaired) electrons. The van der Waals surface area contributed by atoms with Crippen molar-refractivity contribution in [2.24, 2.45) is 5.92 Å². The maximum absolute atomic E-state index is 11.2. The fourth-order valence-corrected chi connectivity index (χ4v) is 1.17. The first-order valence-corrected chi connectivity index (χ1v) is 7.12. The standard InChI is InChI=1S/C14H26NO6.CH3.K/c1-13(2)14(17)11-21-10-9-20-8-7-19-6-5-18-4-3-15-12-16;;/h13H,3-11H2,1-2H3,(H,15,16);1H3;/q2*-1;+1. The van der Waals surface area contributed by atoms with Gasteiger partial charge < -0.3 is 36.5 Å². The van der Waals surface area contributed by atoms with Crippen LogP contribution in [0, 0.1) is 13.3 Å². The number of nitrogens with one attached hydrogen (secondary N) is 1. The molecule has 0 heterocycles. The van der Waals surface area contributed by atoms with E-state index >= 15 is 0 Å². The number of hydrogen-bond acceptors (Lipinski definition) is 6. The van der Waals surface area contributed by atoms with Gasteiger partial charge in [-0.1, -0.05) is 13.8 Å². The molecule has 132 valence electrons. The number of hydrogen-bond donors (Lipinski definition) is 1. The molecule has 0 aliphatic carbocycles. The van der Waals surface area contributed by atoms with E-state index in [9.17, 15) is 9.59 Å². The van der Waals surface area contributed by atoms with Gasteiger partial charge >= 0.3 is 51.4 Å². The first-order chi connectivity index (χ1) is 10.2. The summed E-state index contributed by atoms with van der Waals surface area (Å²) in [5.74, 6) is 0.105. The summed E-state index contributed by atoms with van der Waals surface area (Å²) in [4.78, 5) is 21.1. The molecule has 0 aliphatic rings. The zero-order valence-electron chi connectivity index (χ0n) is 14.9. The molecule has 0 fully saturated rings. The van der Waals surface area contributed by atoms with Crippen LogP contribution in [0.4, 0.5) is 0 Å². The van der Waals surface area contributed by atoms with E-state index in [0.29, 0.717) is 52.8 Å². The molecule has 1 N–H and O–H groups in total. The van der Waals surface area contributed by atoms with Crippen LogP contribution in [0.3, 0.4) is 0 Å². The minimum atomic E-state index is 0. The van der Waals surface area contributed by atoms with E-state index in [1.807, 2.05) is 13.8 Å². The average Bonchev–Trinajstić information content (AvgIpc) is 2.47. The normalized spacial score (nSPS) is 9.87. The average molecular weight is 358 g/mol. The van der Waals surface area contributed by atoms with Crippen LogP contribution in [0.25, 0.3) is 0 Å². The molecular weight excluding hydrogens is 329 g/mol. The Hall–Kier alpha value is 0.616. The molecule has 0 saturated carbocycles. The van der Waals surface area contributed by atoms with Crippen molar-refractivity contribution in [3.63, 3.8) is 0 Å². The van der Waals surface area contributed by atoms with E-state index in [1.165, 1.54) is 0 Å². The molecule has 0 aromatic carbocycles. The quantitative estimate of drug-likeness (QED) is 0.141. The molecule has 0 atom stereocenters. The van der Waals surface area contributed by atoms with E-state index in [-0.39, 0.29) is 77.1 Å². The Morgan fingerprint density at radius 2 is 1.35 bits per heavy atom. The molecule has 0 aromatic rings. The number of carbonyl (C=O) groups excluding carboxylic acids is 2. The Bertz CT molecular complexity index is 266. The predicted octanol–water partition coefficient (Wildman–Crippen LogP) is -2.61. The summed E-state index contributed by atoms with van der Waals surface area (Å²) in [7, 11) is 0. The number of amides is 1. The molecule has 0 bridgehead atoms. The molecule has 7 nitrogen and oxygen atoms in total. The number of Topliss-reactive ketones (excluding diaryl/α,β-unsaturated/α-hetero) is 1. The molecular formula is C15H29KNO6-. The van der Waals surface area contributed by atoms with Crippen LogP contribution in [0.1, 0.15) is 13.8 Å². The summed E-state index contributed by atoms with van der Waals surface area (Å²) in [5.41, 5.74) is 0. The van der Waals surface area contributed by atoms with Crippen molar-refractivity contribution in [2.75, 3.05) is 59.4 Å². The first-order valence-electron chi connectivity index (χ1n) is 7.12. The van der Waals surface area contributed by atoms with E-state index in [4.69, 9.17) is 18.9 Å². The molecule has 0 aliphatic heterocycles. The van der Waals surface area contributed by atoms with Crippen molar-refractivity contribution in [1.82, 2.24) is 5.32 Å². The zero-order chi connectivity index (χ0) is 15.8. The van der Waals surface area contributed by atoms with Crippen molar-refractivity contribution in [3.05, 3.63) is 7.43 Å². The minimum Gasteiger partial charge on any atom is -0.528 e. The minimum absolute atomic E-state index is 0. The van der Waals surface area contributed by atoms with Crippen molar-refractivity contribution < 1.29 is 79.9 Å². The Labute approximate surface area is 182 Å². The summed E-state index contributed by atoms with van der Waals surface area (Å²) in [6.45, 7) is 7.49. The van der Waals surface area contributed by atoms with Crippen molar-refractivity contribution in [1.29, 1.82) is 0 Å². The van der Waals surface area contributed by atoms with Gasteiger partial charge in [0.2, 0.25) is 0 Å². The van der Waals surface area contributed by atoms with Gasteiger partial charge in [-0.05, 0) is 0 Å². The summed E-state index contributed by atoms with van der Waals surface area (Å²) >= 11 is 0. The Kier molecular flexibility index (Phi) is 27.9. The summed E-state index contributed by atoms with van der Waals surface area (Å²) in [6.07, 6.45) is 1.56. The van der Waals surface area contributed by atoms with E-state index in [1.54, 1.807) is 6.41 Å². The van der Waals surface area contributed by atoms with Crippen molar-refractivity contribution in [3.8, 4) is 0 Å². The third-order valence-electron chi connectivity index (χ3n) is 2.45. The molecule has 23 heavy (non-hydrogen) atoms. The maximum atomic E-state index is 11.2. The van der Waals surface area contributed by atoms with Crippen LogP contribution in [-0.2, 0) is 28.5 Å². The van der Waals surface area contributed by atoms with Crippen LogP contribution >= 0.6 is 0 Å². The van der Waals surface area contributed by atoms with Gasteiger partial charge in [0.1, 0.15) is 6.61 Å². The Morgan fingerprint density at radius 1 is 0.913 bits per heavy atom. The second kappa shape index (κ2) is 22.6. The fourth-order valence-electron chi connectivity index (χ4n) is 1.17. The Morgan fingerprint density at radius 3 is 1.78 bits per heavy atom. The van der Waals surface area contributed by atoms with Crippen molar-refractivity contribution >= 4 is 12.2 Å². The maximum Gasteiger partial charge on any atom is 1.00 e. The molecule has 0 spiro atoms. The first kappa shape index (κ1) is 28.4. The monoisotopic (exact) mass is 358 g/mol. The number of ketones is 1. The number of carbonyl (C=O) groups is 1. The van der Waals surface area contributed by atoms with E-state index in [0.717, 1.165) is 0 Å². The van der Waals surface area contributed by atoms with Crippen LogP contribution < -0.4 is 56.7 Å². The van der Waals surface area contributed by atoms with Gasteiger partial charge in [0.25, 0.3) is 0 Å². The van der Waals surface area contributed by atoms with Crippen molar-refractivity contribution in [2.45, 2.75) is 13.8 Å². The van der Waals surface area contributed by atoms with E-state index < -0.39 is 0 Å². The molecule has 0 aromatic heterocycles. The number of ether oxygens (including phenoxy) is 4. The fraction of sp³-hybridized carbons (Fsp3) is 0.800. The third-order valence-corrected chi connectivity index (χ3v) is 2.45. The predicted molar refractivity (Wildman–Crippen MR) is 83.2 cm³/mol. The van der Waals surface area contributed by atoms with Gasteiger partial charge in [-0.25, -0.2) is 0 Å². The van der Waals surface area contributed by atoms with Crippen LogP contribution in [0.2, 0.25) is 0 Å². The molecule has 0 rings (SSSR count). The van der Waals surface area contributed by atoms with Gasteiger partial charge in [0.05, 0.1) is 46.2 Å². The van der Waals surface area contributed by atoms with Gasteiger partial charge in [-0.2, -0.15) is 6.41 Å². The largest absolute Gasteiger partial charge is 1.00 e. The van der Waals surface area contributed by atoms with Crippen LogP contribution in [0.15, 0.2) is 0 Å². The summed E-state index contributed by atoms with van der Waals surface area (Å²) in [6, 6.07) is 0. The van der Waals surface area contributed by atoms with Crippen LogP contribution in [-0.4, -0.2) is 71.6 Å². The Balaban J connectivity index is -0.00000200. The second-order valence-electron chi connectivity index (χ2n) is 4.54. The van der Waals surface area contributed by atoms with Gasteiger partial charge in [-0.15, -0.1) is 0 Å². The summed E-state index contributed by atoms with van der Waals surface area (Å²) < 4.78 is 20.9. The van der Waals surface area contributed by atoms with Gasteiger partial charge in [-0.3, -0.25) is 4.79 Å². The number of rotatable bonds is 16. The van der Waals surface area contributed by atoms with Gasteiger partial charge in [0.15, 0.2) is 5.78 Å². The van der Waals surface area contributed by atoms with Crippen LogP contribution in [0.5, 0.6) is 0 Å². The van der Waals surface area contributed by atoms with Gasteiger partial charge in [0, 0.05) is 12.5 Å². The molecule has 0 saturated heterocycles. The smallest absolute Gasteiger partial charge is 0.528 e. The van der Waals surface area contributed by atoms with E-state index in [2.05, 4.69) is 5.32 Å². The second-order valence-corrected chi connectivity index (χ2v) is 4.54. The molecule has 1 amide bonds. The zero-order valence-corrected chi connectivity index (χ0v) is 18.0. The molecule has 0 unspecified atom stereocenters. The summed E-state index contributed by atoms with van der Waals surface area (Å²) in [5, 5.41) is 2.37. The topological polar surface area (TPSA) is 83.1 Å². The SMILES string of the molecule is CC(C)C(=O)COCCOCCOCCOCCN[C-]=O.[CH3-].[K+]. The molecule has 8 heteroatoms.